The van der Waals surface area contributed by atoms with E-state index in [0.717, 1.165) is 5.46 Å². The average molecular weight is 284 g/mol. The molecule has 0 aromatic heterocycles. The first-order chi connectivity index (χ1) is 9.86. The highest BCUT2D eigenvalue weighted by atomic mass is 16.5. The molecule has 0 bridgehead atoms. The third-order valence-corrected chi connectivity index (χ3v) is 3.60. The molecule has 0 atom stereocenters. The molecule has 1 aromatic rings. The summed E-state index contributed by atoms with van der Waals surface area (Å²) < 4.78 is 11.7. The molecule has 0 aliphatic carbocycles. The van der Waals surface area contributed by atoms with Crippen LogP contribution in [0.2, 0.25) is 0 Å². The van der Waals surface area contributed by atoms with Crippen molar-refractivity contribution in [1.29, 1.82) is 0 Å². The quantitative estimate of drug-likeness (QED) is 0.795. The first kappa shape index (κ1) is 14.2. The molecule has 0 N–H and O–H groups in total. The van der Waals surface area contributed by atoms with Gasteiger partial charge < -0.3 is 9.47 Å². The lowest BCUT2D eigenvalue weighted by Crippen LogP contribution is -2.47. The SMILES string of the molecule is CC1(C)COC([B-](C2=NC(C)(C)CO2)c2ccccc2)=N1. The lowest BCUT2D eigenvalue weighted by Gasteiger charge is -2.27. The predicted molar refractivity (Wildman–Crippen MR) is 86.8 cm³/mol. The zero-order valence-electron chi connectivity index (χ0n) is 13.1. The maximum absolute atomic E-state index is 5.85. The molecule has 4 nitrogen and oxygen atoms in total. The van der Waals surface area contributed by atoms with Crippen LogP contribution in [-0.2, 0) is 9.47 Å². The van der Waals surface area contributed by atoms with E-state index in [1.807, 2.05) is 18.2 Å². The van der Waals surface area contributed by atoms with Crippen molar-refractivity contribution in [2.75, 3.05) is 13.2 Å². The van der Waals surface area contributed by atoms with E-state index in [-0.39, 0.29) is 17.8 Å². The standard InChI is InChI=1S/C16H21BN2O2/c1-15(2)10-20-13(18-15)17(12-8-6-5-7-9-12)14-19-16(3,4)11-21-14/h5-9H,10-11H2,1-4H3/q-1. The highest BCUT2D eigenvalue weighted by Gasteiger charge is 2.32. The van der Waals surface area contributed by atoms with E-state index in [2.05, 4.69) is 39.8 Å². The van der Waals surface area contributed by atoms with Gasteiger partial charge in [0.1, 0.15) is 19.9 Å². The molecule has 0 unspecified atom stereocenters. The van der Waals surface area contributed by atoms with Crippen LogP contribution < -0.4 is 5.46 Å². The summed E-state index contributed by atoms with van der Waals surface area (Å²) in [5, 5.41) is 0. The van der Waals surface area contributed by atoms with Crippen LogP contribution in [0, 0.1) is 0 Å². The van der Waals surface area contributed by atoms with Crippen LogP contribution in [0.5, 0.6) is 0 Å². The van der Waals surface area contributed by atoms with Gasteiger partial charge >= 0.3 is 0 Å². The molecule has 0 fully saturated rings. The van der Waals surface area contributed by atoms with Gasteiger partial charge in [0, 0.05) is 0 Å². The Morgan fingerprint density at radius 1 is 0.857 bits per heavy atom. The number of nitrogens with zero attached hydrogens (tertiary/aromatic N) is 2. The van der Waals surface area contributed by atoms with Crippen molar-refractivity contribution < 1.29 is 9.47 Å². The fourth-order valence-electron chi connectivity index (χ4n) is 2.56. The number of hydrogen-bond donors (Lipinski definition) is 0. The molecule has 2 heterocycles. The van der Waals surface area contributed by atoms with Crippen molar-refractivity contribution in [3.05, 3.63) is 30.3 Å². The number of benzene rings is 1. The zero-order valence-corrected chi connectivity index (χ0v) is 13.1. The number of ether oxygens (including phenoxy) is 2. The molecule has 0 saturated heterocycles. The van der Waals surface area contributed by atoms with E-state index in [0.29, 0.717) is 24.8 Å². The molecule has 5 heteroatoms. The van der Waals surface area contributed by atoms with Gasteiger partial charge in [-0.3, -0.25) is 9.98 Å². The topological polar surface area (TPSA) is 43.2 Å². The Morgan fingerprint density at radius 2 is 1.33 bits per heavy atom. The van der Waals surface area contributed by atoms with Crippen LogP contribution in [0.15, 0.2) is 40.3 Å². The van der Waals surface area contributed by atoms with Crippen LogP contribution in [-0.4, -0.2) is 42.6 Å². The molecule has 1 radical (unpaired) electrons. The van der Waals surface area contributed by atoms with Crippen molar-refractivity contribution in [2.45, 2.75) is 38.8 Å². The van der Waals surface area contributed by atoms with E-state index < -0.39 is 0 Å². The average Bonchev–Trinajstić information content (AvgIpc) is 2.94. The van der Waals surface area contributed by atoms with Gasteiger partial charge in [0.05, 0.1) is 11.1 Å². The summed E-state index contributed by atoms with van der Waals surface area (Å²) in [6.07, 6.45) is 0. The second kappa shape index (κ2) is 4.90. The van der Waals surface area contributed by atoms with Crippen LogP contribution in [0.4, 0.5) is 0 Å². The third-order valence-electron chi connectivity index (χ3n) is 3.60. The summed E-state index contributed by atoms with van der Waals surface area (Å²) in [6.45, 7) is 9.35. The van der Waals surface area contributed by atoms with E-state index >= 15 is 0 Å². The number of hydrogen-bond acceptors (Lipinski definition) is 4. The van der Waals surface area contributed by atoms with Gasteiger partial charge in [0.25, 0.3) is 0 Å². The Bertz CT molecular complexity index is 560. The first-order valence-electron chi connectivity index (χ1n) is 7.36. The lowest BCUT2D eigenvalue weighted by atomic mass is 9.44. The van der Waals surface area contributed by atoms with Gasteiger partial charge in [0.2, 0.25) is 0 Å². The van der Waals surface area contributed by atoms with Crippen molar-refractivity contribution in [1.82, 2.24) is 0 Å². The van der Waals surface area contributed by atoms with Crippen molar-refractivity contribution >= 4 is 23.8 Å². The number of aliphatic imine (C=N–C) groups is 2. The summed E-state index contributed by atoms with van der Waals surface area (Å²) in [7, 11) is 0. The summed E-state index contributed by atoms with van der Waals surface area (Å²) in [6, 6.07) is 10.2. The molecular weight excluding hydrogens is 263 g/mol. The first-order valence-corrected chi connectivity index (χ1v) is 7.36. The molecular formula is C16H21BN2O2-. The highest BCUT2D eigenvalue weighted by Crippen LogP contribution is 2.22. The predicted octanol–water partition coefficient (Wildman–Crippen LogP) is 1.88. The fraction of sp³-hybridized carbons (Fsp3) is 0.500. The van der Waals surface area contributed by atoms with Crippen molar-refractivity contribution in [2.24, 2.45) is 9.98 Å². The second-order valence-electron chi connectivity index (χ2n) is 6.95. The molecule has 2 aliphatic heterocycles. The minimum atomic E-state index is -0.183. The van der Waals surface area contributed by atoms with Crippen LogP contribution in [0.25, 0.3) is 0 Å². The summed E-state index contributed by atoms with van der Waals surface area (Å²) in [5.41, 5.74) is 0.735. The van der Waals surface area contributed by atoms with Crippen molar-refractivity contribution in [3.8, 4) is 0 Å². The fourth-order valence-corrected chi connectivity index (χ4v) is 2.56. The zero-order chi connectivity index (χ0) is 15.1. The van der Waals surface area contributed by atoms with Gasteiger partial charge in [0.15, 0.2) is 0 Å². The maximum atomic E-state index is 5.85. The van der Waals surface area contributed by atoms with Crippen LogP contribution >= 0.6 is 0 Å². The Hall–Kier alpha value is -1.78. The normalized spacial score (nSPS) is 22.5. The minimum absolute atomic E-state index is 0.144. The smallest absolute Gasteiger partial charge is 0.109 e. The lowest BCUT2D eigenvalue weighted by molar-refractivity contribution is 0.279. The van der Waals surface area contributed by atoms with Gasteiger partial charge in [-0.15, -0.1) is 0 Å². The summed E-state index contributed by atoms with van der Waals surface area (Å²) in [5.74, 6) is 1.42. The Morgan fingerprint density at radius 3 is 1.71 bits per heavy atom. The van der Waals surface area contributed by atoms with E-state index in [9.17, 15) is 0 Å². The van der Waals surface area contributed by atoms with Gasteiger partial charge in [-0.05, 0) is 39.3 Å². The van der Waals surface area contributed by atoms with Gasteiger partial charge in [-0.25, -0.2) is 5.46 Å². The Kier molecular flexibility index (Phi) is 3.31. The molecule has 3 rings (SSSR count). The minimum Gasteiger partial charge on any atom is -0.521 e. The van der Waals surface area contributed by atoms with Gasteiger partial charge in [-0.1, -0.05) is 30.3 Å². The molecule has 0 spiro atoms. The second-order valence-corrected chi connectivity index (χ2v) is 6.95. The molecule has 2 aliphatic rings. The van der Waals surface area contributed by atoms with Crippen molar-refractivity contribution in [3.63, 3.8) is 0 Å². The van der Waals surface area contributed by atoms with Crippen LogP contribution in [0.3, 0.4) is 0 Å². The Labute approximate surface area is 126 Å². The molecule has 111 valence electrons. The number of rotatable bonds is 3. The third kappa shape index (κ3) is 2.97. The molecule has 1 aromatic carbocycles. The largest absolute Gasteiger partial charge is 0.521 e. The molecule has 0 saturated carbocycles. The summed E-state index contributed by atoms with van der Waals surface area (Å²) in [4.78, 5) is 9.45. The van der Waals surface area contributed by atoms with Crippen LogP contribution in [0.1, 0.15) is 27.7 Å². The van der Waals surface area contributed by atoms with E-state index in [4.69, 9.17) is 19.5 Å². The monoisotopic (exact) mass is 284 g/mol. The van der Waals surface area contributed by atoms with E-state index in [1.54, 1.807) is 0 Å². The molecule has 21 heavy (non-hydrogen) atoms. The van der Waals surface area contributed by atoms with Gasteiger partial charge in [-0.2, -0.15) is 0 Å². The highest BCUT2D eigenvalue weighted by molar-refractivity contribution is 7.18. The Balaban J connectivity index is 2.01. The summed E-state index contributed by atoms with van der Waals surface area (Å²) >= 11 is 0. The van der Waals surface area contributed by atoms with E-state index in [1.165, 1.54) is 0 Å². The maximum Gasteiger partial charge on any atom is 0.109 e. The molecule has 0 amide bonds.